The third-order valence-corrected chi connectivity index (χ3v) is 8.88. The largest absolute Gasteiger partial charge is 0.264 e. The fourth-order valence-corrected chi connectivity index (χ4v) is 6.79. The number of hydrogen-bond donors (Lipinski definition) is 0. The lowest BCUT2D eigenvalue weighted by Crippen LogP contribution is -2.10. The van der Waals surface area contributed by atoms with E-state index in [1.54, 1.807) is 0 Å². The van der Waals surface area contributed by atoms with Crippen molar-refractivity contribution < 1.29 is 0 Å². The van der Waals surface area contributed by atoms with Gasteiger partial charge in [-0.15, -0.1) is 0 Å². The van der Waals surface area contributed by atoms with Gasteiger partial charge in [-0.05, 0) is 127 Å². The van der Waals surface area contributed by atoms with E-state index >= 15 is 0 Å². The first-order chi connectivity index (χ1) is 18.1. The van der Waals surface area contributed by atoms with Crippen LogP contribution in [0, 0.1) is 12.8 Å². The Morgan fingerprint density at radius 3 is 2.46 bits per heavy atom. The Morgan fingerprint density at radius 2 is 1.57 bits per heavy atom. The monoisotopic (exact) mass is 473 g/mol. The summed E-state index contributed by atoms with van der Waals surface area (Å²) in [5.74, 6) is 0.539. The molecule has 0 fully saturated rings. The van der Waals surface area contributed by atoms with E-state index in [1.807, 2.05) is 12.4 Å². The van der Waals surface area contributed by atoms with E-state index < -0.39 is 0 Å². The van der Waals surface area contributed by atoms with Crippen LogP contribution in [0.25, 0.3) is 71.8 Å². The zero-order valence-electron chi connectivity index (χ0n) is 21.4. The van der Waals surface area contributed by atoms with E-state index in [-0.39, 0.29) is 0 Å². The summed E-state index contributed by atoms with van der Waals surface area (Å²) in [5.41, 5.74) is 13.8. The van der Waals surface area contributed by atoms with Crippen LogP contribution in [0.4, 0.5) is 0 Å². The molecule has 1 nitrogen and oxygen atoms in total. The van der Waals surface area contributed by atoms with Crippen LogP contribution in [0.2, 0.25) is 0 Å². The van der Waals surface area contributed by atoms with Gasteiger partial charge in [0.15, 0.2) is 0 Å². The maximum atomic E-state index is 4.39. The second kappa shape index (κ2) is 7.40. The van der Waals surface area contributed by atoms with Crippen molar-refractivity contribution in [3.8, 4) is 33.4 Å². The van der Waals surface area contributed by atoms with Gasteiger partial charge in [-0.1, -0.05) is 67.1 Å². The molecule has 8 rings (SSSR count). The zero-order chi connectivity index (χ0) is 24.8. The number of rotatable bonds is 1. The number of pyridine rings is 1. The van der Waals surface area contributed by atoms with E-state index in [9.17, 15) is 0 Å². The minimum Gasteiger partial charge on any atom is -0.264 e. The Labute approximate surface area is 217 Å². The third kappa shape index (κ3) is 2.83. The van der Waals surface area contributed by atoms with Gasteiger partial charge in [-0.25, -0.2) is 0 Å². The van der Waals surface area contributed by atoms with Crippen molar-refractivity contribution in [1.82, 2.24) is 4.98 Å². The molecule has 0 amide bonds. The van der Waals surface area contributed by atoms with Crippen LogP contribution in [0.5, 0.6) is 0 Å². The van der Waals surface area contributed by atoms with E-state index in [0.29, 0.717) is 5.92 Å². The van der Waals surface area contributed by atoms with Crippen molar-refractivity contribution in [2.45, 2.75) is 27.2 Å². The first kappa shape index (κ1) is 20.9. The molecule has 0 saturated heterocycles. The average molecular weight is 474 g/mol. The van der Waals surface area contributed by atoms with Crippen molar-refractivity contribution in [3.05, 3.63) is 107 Å². The standard InChI is InChI=1S/C36H27N/c1-20-8-11-28-32-17-29(24-10-9-23-12-13-37-19-25(23)16-24)30-14-21(2)22(3)15-31(30)33(32)18-34-26-6-4-5-7-27(26)35(20)36(28)34/h4-14,16-19,22H,15H2,1-3H3. The Morgan fingerprint density at radius 1 is 0.730 bits per heavy atom. The second-order valence-corrected chi connectivity index (χ2v) is 11.0. The van der Waals surface area contributed by atoms with E-state index in [0.717, 1.165) is 6.42 Å². The van der Waals surface area contributed by atoms with Gasteiger partial charge in [0, 0.05) is 17.8 Å². The summed E-state index contributed by atoms with van der Waals surface area (Å²) >= 11 is 0. The van der Waals surface area contributed by atoms with Gasteiger partial charge < -0.3 is 0 Å². The molecule has 0 N–H and O–H groups in total. The Kier molecular flexibility index (Phi) is 4.18. The fourth-order valence-electron chi connectivity index (χ4n) is 6.79. The van der Waals surface area contributed by atoms with Crippen LogP contribution in [-0.4, -0.2) is 4.98 Å². The number of nitrogens with zero attached hydrogens (tertiary/aromatic N) is 1. The number of allylic oxidation sites excluding steroid dienone is 1. The molecule has 0 radical (unpaired) electrons. The highest BCUT2D eigenvalue weighted by atomic mass is 14.6. The van der Waals surface area contributed by atoms with E-state index in [2.05, 4.69) is 105 Å². The molecule has 0 saturated carbocycles. The van der Waals surface area contributed by atoms with Crippen molar-refractivity contribution in [2.75, 3.05) is 0 Å². The minimum absolute atomic E-state index is 0.539. The molecule has 0 aliphatic heterocycles. The van der Waals surface area contributed by atoms with Crippen LogP contribution in [0.3, 0.4) is 0 Å². The third-order valence-electron chi connectivity index (χ3n) is 8.88. The predicted octanol–water partition coefficient (Wildman–Crippen LogP) is 9.76. The molecular formula is C36H27N. The fraction of sp³-hybridized carbons (Fsp3) is 0.139. The lowest BCUT2D eigenvalue weighted by molar-refractivity contribution is 0.676. The summed E-state index contributed by atoms with van der Waals surface area (Å²) in [5, 5.41) is 7.98. The first-order valence-electron chi connectivity index (χ1n) is 13.3. The van der Waals surface area contributed by atoms with Gasteiger partial charge >= 0.3 is 0 Å². The van der Waals surface area contributed by atoms with E-state index in [4.69, 9.17) is 0 Å². The summed E-state index contributed by atoms with van der Waals surface area (Å²) in [7, 11) is 0. The zero-order valence-corrected chi connectivity index (χ0v) is 21.4. The average Bonchev–Trinajstić information content (AvgIpc) is 3.26. The molecule has 2 aliphatic rings. The number of hydrogen-bond acceptors (Lipinski definition) is 1. The van der Waals surface area contributed by atoms with Crippen LogP contribution in [-0.2, 0) is 6.42 Å². The highest BCUT2D eigenvalue weighted by Gasteiger charge is 2.27. The maximum absolute atomic E-state index is 4.39. The SMILES string of the molecule is CC1=Cc2c(-c3ccc4ccncc4c3)cc3c(cc4c5c(c(C)ccc53)-c3ccccc3-4)c2CC1C. The normalized spacial score (nSPS) is 15.8. The van der Waals surface area contributed by atoms with Gasteiger partial charge in [-0.3, -0.25) is 4.98 Å². The molecule has 5 aromatic carbocycles. The molecule has 1 aromatic heterocycles. The Hall–Kier alpha value is -4.23. The predicted molar refractivity (Wildman–Crippen MR) is 158 cm³/mol. The van der Waals surface area contributed by atoms with Crippen LogP contribution < -0.4 is 0 Å². The van der Waals surface area contributed by atoms with Crippen LogP contribution in [0.15, 0.2) is 90.8 Å². The number of fused-ring (bicyclic) bond motifs is 8. The highest BCUT2D eigenvalue weighted by molar-refractivity contribution is 6.25. The molecule has 1 heteroatoms. The van der Waals surface area contributed by atoms with Crippen molar-refractivity contribution >= 4 is 38.4 Å². The van der Waals surface area contributed by atoms with E-state index in [1.165, 1.54) is 88.0 Å². The van der Waals surface area contributed by atoms with Crippen molar-refractivity contribution in [1.29, 1.82) is 0 Å². The van der Waals surface area contributed by atoms with Gasteiger partial charge in [-0.2, -0.15) is 0 Å². The lowest BCUT2D eigenvalue weighted by Gasteiger charge is -2.26. The second-order valence-electron chi connectivity index (χ2n) is 11.0. The van der Waals surface area contributed by atoms with Crippen LogP contribution in [0.1, 0.15) is 30.5 Å². The quantitative estimate of drug-likeness (QED) is 0.216. The summed E-state index contributed by atoms with van der Waals surface area (Å²) in [6.45, 7) is 6.91. The summed E-state index contributed by atoms with van der Waals surface area (Å²) < 4.78 is 0. The van der Waals surface area contributed by atoms with Crippen molar-refractivity contribution in [2.24, 2.45) is 5.92 Å². The molecule has 176 valence electrons. The number of aromatic nitrogens is 1. The van der Waals surface area contributed by atoms with Gasteiger partial charge in [0.2, 0.25) is 0 Å². The number of aryl methyl sites for hydroxylation is 1. The minimum atomic E-state index is 0.539. The Balaban J connectivity index is 1.53. The van der Waals surface area contributed by atoms with Gasteiger partial charge in [0.1, 0.15) is 0 Å². The molecule has 2 aliphatic carbocycles. The maximum Gasteiger partial charge on any atom is 0.0346 e. The van der Waals surface area contributed by atoms with Crippen molar-refractivity contribution in [3.63, 3.8) is 0 Å². The highest BCUT2D eigenvalue weighted by Crippen LogP contribution is 2.52. The Bertz CT molecular complexity index is 1990. The smallest absolute Gasteiger partial charge is 0.0346 e. The topological polar surface area (TPSA) is 12.9 Å². The number of benzene rings is 5. The molecule has 6 aromatic rings. The summed E-state index contributed by atoms with van der Waals surface area (Å²) in [4.78, 5) is 4.39. The lowest BCUT2D eigenvalue weighted by atomic mass is 9.78. The summed E-state index contributed by atoms with van der Waals surface area (Å²) in [6, 6.07) is 27.5. The first-order valence-corrected chi connectivity index (χ1v) is 13.3. The molecule has 1 heterocycles. The van der Waals surface area contributed by atoms with Gasteiger partial charge in [0.25, 0.3) is 0 Å². The molecular weight excluding hydrogens is 446 g/mol. The van der Waals surface area contributed by atoms with Crippen LogP contribution >= 0.6 is 0 Å². The summed E-state index contributed by atoms with van der Waals surface area (Å²) in [6.07, 6.45) is 7.37. The molecule has 0 spiro atoms. The molecule has 37 heavy (non-hydrogen) atoms. The molecule has 1 atom stereocenters. The van der Waals surface area contributed by atoms with Gasteiger partial charge in [0.05, 0.1) is 0 Å². The molecule has 1 unspecified atom stereocenters. The molecule has 0 bridgehead atoms.